The number of carbonyl (C=O) groups is 1. The molecule has 0 spiro atoms. The summed E-state index contributed by atoms with van der Waals surface area (Å²) in [7, 11) is 0. The van der Waals surface area contributed by atoms with Gasteiger partial charge in [-0.2, -0.15) is 30.7 Å². The van der Waals surface area contributed by atoms with Crippen LogP contribution in [0.1, 0.15) is 15.9 Å². The second-order valence-electron chi connectivity index (χ2n) is 3.94. The second-order valence-corrected chi connectivity index (χ2v) is 4.35. The Morgan fingerprint density at radius 2 is 1.55 bits per heavy atom. The van der Waals surface area contributed by atoms with Gasteiger partial charge in [-0.25, -0.2) is 0 Å². The van der Waals surface area contributed by atoms with Gasteiger partial charge in [-0.1, -0.05) is 11.6 Å². The summed E-state index contributed by atoms with van der Waals surface area (Å²) < 4.78 is 87.6. The first kappa shape index (κ1) is 16.7. The minimum absolute atomic E-state index is 0.0486. The molecule has 0 fully saturated rings. The number of hydrogen-bond acceptors (Lipinski definition) is 1. The van der Waals surface area contributed by atoms with Crippen LogP contribution < -0.4 is 0 Å². The van der Waals surface area contributed by atoms with Gasteiger partial charge in [-0.05, 0) is 30.7 Å². The van der Waals surface area contributed by atoms with Crippen LogP contribution in [0.2, 0.25) is 5.02 Å². The summed E-state index contributed by atoms with van der Waals surface area (Å²) in [6, 6.07) is 2.31. The molecule has 1 rings (SSSR count). The van der Waals surface area contributed by atoms with E-state index < -0.39 is 29.4 Å². The van der Waals surface area contributed by atoms with E-state index in [2.05, 4.69) is 0 Å². The highest BCUT2D eigenvalue weighted by molar-refractivity contribution is 6.31. The Morgan fingerprint density at radius 3 is 1.95 bits per heavy atom. The monoisotopic (exact) mass is 322 g/mol. The Hall–Kier alpha value is -1.31. The van der Waals surface area contributed by atoms with Crippen molar-refractivity contribution in [3.8, 4) is 0 Å². The summed E-state index contributed by atoms with van der Waals surface area (Å²) in [5.74, 6) is -15.0. The van der Waals surface area contributed by atoms with Gasteiger partial charge in [0.1, 0.15) is 0 Å². The van der Waals surface area contributed by atoms with Crippen molar-refractivity contribution in [2.45, 2.75) is 24.9 Å². The molecule has 0 atom stereocenters. The van der Waals surface area contributed by atoms with Crippen LogP contribution in [0.15, 0.2) is 18.2 Å². The number of carbonyl (C=O) groups excluding carboxylic acids is 1. The predicted molar refractivity (Wildman–Crippen MR) is 56.5 cm³/mol. The molecule has 20 heavy (non-hydrogen) atoms. The number of hydrogen-bond donors (Lipinski definition) is 0. The van der Waals surface area contributed by atoms with Crippen molar-refractivity contribution >= 4 is 17.4 Å². The van der Waals surface area contributed by atoms with Crippen LogP contribution >= 0.6 is 11.6 Å². The van der Waals surface area contributed by atoms with Gasteiger partial charge in [-0.15, -0.1) is 0 Å². The average Bonchev–Trinajstić information content (AvgIpc) is 2.30. The molecule has 1 aromatic rings. The molecule has 0 amide bonds. The molecule has 0 saturated carbocycles. The molecule has 0 saturated heterocycles. The molecule has 1 aromatic carbocycles. The van der Waals surface area contributed by atoms with Crippen molar-refractivity contribution < 1.29 is 35.5 Å². The fraction of sp³-hybridized carbons (Fsp3) is 0.364. The first-order valence-corrected chi connectivity index (χ1v) is 5.33. The Kier molecular flexibility index (Phi) is 4.11. The van der Waals surface area contributed by atoms with Crippen LogP contribution in [0.4, 0.5) is 30.7 Å². The largest absolute Gasteiger partial charge is 0.460 e. The lowest BCUT2D eigenvalue weighted by Crippen LogP contribution is -2.56. The second kappa shape index (κ2) is 4.91. The lowest BCUT2D eigenvalue weighted by molar-refractivity contribution is -0.339. The summed E-state index contributed by atoms with van der Waals surface area (Å²) in [6.45, 7) is 1.28. The maximum atomic E-state index is 13.2. The number of alkyl halides is 7. The Bertz CT molecular complexity index is 536. The number of ketones is 1. The van der Waals surface area contributed by atoms with Gasteiger partial charge in [0.2, 0.25) is 5.78 Å². The highest BCUT2D eigenvalue weighted by atomic mass is 35.5. The SMILES string of the molecule is Cc1cc(C(=O)C(F)(F)C(F)(F)C(F)(F)F)ccc1Cl. The van der Waals surface area contributed by atoms with Gasteiger partial charge in [-0.3, -0.25) is 4.79 Å². The van der Waals surface area contributed by atoms with E-state index in [4.69, 9.17) is 11.6 Å². The highest BCUT2D eigenvalue weighted by Gasteiger charge is 2.76. The zero-order chi connectivity index (χ0) is 15.9. The van der Waals surface area contributed by atoms with Gasteiger partial charge in [0.15, 0.2) is 0 Å². The minimum Gasteiger partial charge on any atom is -0.287 e. The molecular formula is C11H6ClF7O. The molecule has 0 aliphatic heterocycles. The lowest BCUT2D eigenvalue weighted by atomic mass is 9.98. The van der Waals surface area contributed by atoms with Gasteiger partial charge in [0.25, 0.3) is 0 Å². The quantitative estimate of drug-likeness (QED) is 0.584. The molecule has 9 heteroatoms. The van der Waals surface area contributed by atoms with Crippen LogP contribution in [0.5, 0.6) is 0 Å². The van der Waals surface area contributed by atoms with E-state index in [1.165, 1.54) is 6.92 Å². The lowest BCUT2D eigenvalue weighted by Gasteiger charge is -2.27. The topological polar surface area (TPSA) is 17.1 Å². The number of benzene rings is 1. The number of aryl methyl sites for hydroxylation is 1. The third kappa shape index (κ3) is 2.61. The van der Waals surface area contributed by atoms with Crippen molar-refractivity contribution in [3.05, 3.63) is 34.3 Å². The first-order valence-electron chi connectivity index (χ1n) is 4.95. The summed E-state index contributed by atoms with van der Waals surface area (Å²) in [5.41, 5.74) is -0.899. The summed E-state index contributed by atoms with van der Waals surface area (Å²) in [6.07, 6.45) is -6.55. The van der Waals surface area contributed by atoms with E-state index in [1.807, 2.05) is 0 Å². The van der Waals surface area contributed by atoms with E-state index >= 15 is 0 Å². The molecule has 112 valence electrons. The van der Waals surface area contributed by atoms with E-state index in [1.54, 1.807) is 0 Å². The van der Waals surface area contributed by atoms with Crippen LogP contribution in [0.25, 0.3) is 0 Å². The summed E-state index contributed by atoms with van der Waals surface area (Å²) in [4.78, 5) is 11.3. The normalized spacial score (nSPS) is 13.4. The molecule has 0 radical (unpaired) electrons. The molecule has 0 heterocycles. The number of rotatable bonds is 3. The van der Waals surface area contributed by atoms with Crippen LogP contribution in [-0.2, 0) is 0 Å². The van der Waals surface area contributed by atoms with Crippen molar-refractivity contribution in [2.75, 3.05) is 0 Å². The molecule has 0 aliphatic carbocycles. The molecular weight excluding hydrogens is 317 g/mol. The number of halogens is 8. The van der Waals surface area contributed by atoms with Crippen molar-refractivity contribution in [1.82, 2.24) is 0 Å². The van der Waals surface area contributed by atoms with E-state index in [9.17, 15) is 35.5 Å². The molecule has 1 nitrogen and oxygen atoms in total. The minimum atomic E-state index is -6.55. The smallest absolute Gasteiger partial charge is 0.287 e. The van der Waals surface area contributed by atoms with Gasteiger partial charge in [0, 0.05) is 10.6 Å². The average molecular weight is 323 g/mol. The van der Waals surface area contributed by atoms with E-state index in [0.29, 0.717) is 12.1 Å². The molecule has 0 N–H and O–H groups in total. The maximum Gasteiger partial charge on any atom is 0.460 e. The van der Waals surface area contributed by atoms with E-state index in [-0.39, 0.29) is 10.6 Å². The van der Waals surface area contributed by atoms with Crippen LogP contribution in [-0.4, -0.2) is 23.8 Å². The van der Waals surface area contributed by atoms with Crippen molar-refractivity contribution in [1.29, 1.82) is 0 Å². The summed E-state index contributed by atoms with van der Waals surface area (Å²) in [5, 5.41) is 0.0486. The third-order valence-electron chi connectivity index (χ3n) is 2.46. The van der Waals surface area contributed by atoms with Crippen LogP contribution in [0.3, 0.4) is 0 Å². The molecule has 0 bridgehead atoms. The van der Waals surface area contributed by atoms with Gasteiger partial charge < -0.3 is 0 Å². The molecule has 0 aliphatic rings. The fourth-order valence-corrected chi connectivity index (χ4v) is 1.41. The maximum absolute atomic E-state index is 13.2. The van der Waals surface area contributed by atoms with Gasteiger partial charge in [0.05, 0.1) is 0 Å². The third-order valence-corrected chi connectivity index (χ3v) is 2.88. The Morgan fingerprint density at radius 1 is 1.05 bits per heavy atom. The first-order chi connectivity index (χ1) is 8.82. The zero-order valence-corrected chi connectivity index (χ0v) is 10.4. The Balaban J connectivity index is 3.28. The Labute approximate surface area is 113 Å². The fourth-order valence-electron chi connectivity index (χ4n) is 1.29. The number of Topliss-reactive ketones (excluding diaryl/α,β-unsaturated/α-hetero) is 1. The highest BCUT2D eigenvalue weighted by Crippen LogP contribution is 2.47. The van der Waals surface area contributed by atoms with Crippen molar-refractivity contribution in [3.63, 3.8) is 0 Å². The van der Waals surface area contributed by atoms with Crippen LogP contribution in [0, 0.1) is 6.92 Å². The summed E-state index contributed by atoms with van der Waals surface area (Å²) >= 11 is 5.54. The zero-order valence-electron chi connectivity index (χ0n) is 9.66. The van der Waals surface area contributed by atoms with Crippen molar-refractivity contribution in [2.24, 2.45) is 0 Å². The predicted octanol–water partition coefficient (Wildman–Crippen LogP) is 4.66. The van der Waals surface area contributed by atoms with Gasteiger partial charge >= 0.3 is 18.0 Å². The molecule has 0 aromatic heterocycles. The van der Waals surface area contributed by atoms with E-state index in [0.717, 1.165) is 6.07 Å². The standard InChI is InChI=1S/C11H6ClF7O/c1-5-4-6(2-3-7(5)12)8(20)9(13,14)10(15,16)11(17,18)19/h2-4H,1H3. The molecule has 0 unspecified atom stereocenters.